The van der Waals surface area contributed by atoms with Crippen LogP contribution in [0, 0.1) is 5.92 Å². The Bertz CT molecular complexity index is 303. The molecule has 0 atom stereocenters. The summed E-state index contributed by atoms with van der Waals surface area (Å²) in [6.45, 7) is 1.07. The smallest absolute Gasteiger partial charge is 0.340 e. The fraction of sp³-hybridized carbons (Fsp3) is 0.636. The molecule has 5 heteroatoms. The first kappa shape index (κ1) is 12.7. The van der Waals surface area contributed by atoms with Gasteiger partial charge in [-0.3, -0.25) is 4.79 Å². The predicted molar refractivity (Wildman–Crippen MR) is 58.0 cm³/mol. The van der Waals surface area contributed by atoms with Crippen molar-refractivity contribution in [2.45, 2.75) is 12.8 Å². The lowest BCUT2D eigenvalue weighted by Gasteiger charge is -2.21. The molecule has 0 aromatic rings. The Balaban J connectivity index is 2.78. The number of carboxylic acid groups (broad SMARTS) is 1. The van der Waals surface area contributed by atoms with E-state index in [-0.39, 0.29) is 17.3 Å². The highest BCUT2D eigenvalue weighted by Gasteiger charge is 2.28. The summed E-state index contributed by atoms with van der Waals surface area (Å²) >= 11 is 0. The first-order chi connectivity index (χ1) is 7.52. The standard InChI is InChI=1S/C11H17NO4/c1-12(2)7-9(11(14)15)10(13)8-3-5-16-6-4-8/h7-8H,3-6H2,1-2H3,(H,14,15)/b9-7+. The lowest BCUT2D eigenvalue weighted by molar-refractivity contribution is -0.136. The van der Waals surface area contributed by atoms with Crippen LogP contribution in [0.1, 0.15) is 12.8 Å². The molecule has 0 aromatic carbocycles. The van der Waals surface area contributed by atoms with Gasteiger partial charge < -0.3 is 14.7 Å². The number of hydrogen-bond acceptors (Lipinski definition) is 4. The summed E-state index contributed by atoms with van der Waals surface area (Å²) in [6, 6.07) is 0. The molecule has 0 amide bonds. The van der Waals surface area contributed by atoms with Gasteiger partial charge in [-0.1, -0.05) is 0 Å². The molecule has 1 fully saturated rings. The Labute approximate surface area is 94.7 Å². The topological polar surface area (TPSA) is 66.8 Å². The largest absolute Gasteiger partial charge is 0.478 e. The van der Waals surface area contributed by atoms with Crippen molar-refractivity contribution in [1.29, 1.82) is 0 Å². The van der Waals surface area contributed by atoms with Crippen molar-refractivity contribution in [3.8, 4) is 0 Å². The minimum absolute atomic E-state index is 0.142. The molecular weight excluding hydrogens is 210 g/mol. The van der Waals surface area contributed by atoms with Gasteiger partial charge in [0.1, 0.15) is 5.57 Å². The van der Waals surface area contributed by atoms with E-state index < -0.39 is 5.97 Å². The third-order valence-electron chi connectivity index (χ3n) is 2.48. The third kappa shape index (κ3) is 3.34. The summed E-state index contributed by atoms with van der Waals surface area (Å²) in [6.07, 6.45) is 2.58. The zero-order chi connectivity index (χ0) is 12.1. The summed E-state index contributed by atoms with van der Waals surface area (Å²) in [5, 5.41) is 8.98. The number of ether oxygens (including phenoxy) is 1. The second-order valence-electron chi connectivity index (χ2n) is 4.06. The number of carbonyl (C=O) groups is 2. The monoisotopic (exact) mass is 227 g/mol. The number of Topliss-reactive ketones (excluding diaryl/α,β-unsaturated/α-hetero) is 1. The fourth-order valence-electron chi connectivity index (χ4n) is 1.66. The van der Waals surface area contributed by atoms with Crippen LogP contribution in [-0.2, 0) is 14.3 Å². The lowest BCUT2D eigenvalue weighted by atomic mass is 9.91. The fourth-order valence-corrected chi connectivity index (χ4v) is 1.66. The molecule has 0 spiro atoms. The lowest BCUT2D eigenvalue weighted by Crippen LogP contribution is -2.28. The van der Waals surface area contributed by atoms with Crippen molar-refractivity contribution in [2.75, 3.05) is 27.3 Å². The van der Waals surface area contributed by atoms with Gasteiger partial charge in [-0.15, -0.1) is 0 Å². The van der Waals surface area contributed by atoms with E-state index in [4.69, 9.17) is 9.84 Å². The number of nitrogens with zero attached hydrogens (tertiary/aromatic N) is 1. The van der Waals surface area contributed by atoms with Crippen molar-refractivity contribution >= 4 is 11.8 Å². The maximum atomic E-state index is 11.9. The van der Waals surface area contributed by atoms with E-state index >= 15 is 0 Å². The van der Waals surface area contributed by atoms with Gasteiger partial charge in [0.05, 0.1) is 0 Å². The van der Waals surface area contributed by atoms with Crippen LogP contribution in [0.5, 0.6) is 0 Å². The number of rotatable bonds is 4. The highest BCUT2D eigenvalue weighted by molar-refractivity contribution is 6.17. The van der Waals surface area contributed by atoms with Crippen molar-refractivity contribution in [3.63, 3.8) is 0 Å². The highest BCUT2D eigenvalue weighted by Crippen LogP contribution is 2.19. The predicted octanol–water partition coefficient (Wildman–Crippen LogP) is 0.512. The van der Waals surface area contributed by atoms with E-state index in [9.17, 15) is 9.59 Å². The molecule has 1 heterocycles. The summed E-state index contributed by atoms with van der Waals surface area (Å²) in [5.74, 6) is -1.66. The maximum Gasteiger partial charge on any atom is 0.340 e. The molecule has 1 aliphatic rings. The molecule has 0 bridgehead atoms. The Morgan fingerprint density at radius 3 is 2.31 bits per heavy atom. The van der Waals surface area contributed by atoms with Crippen LogP contribution in [0.3, 0.4) is 0 Å². The molecule has 0 aliphatic carbocycles. The first-order valence-electron chi connectivity index (χ1n) is 5.26. The molecule has 1 rings (SSSR count). The number of hydrogen-bond donors (Lipinski definition) is 1. The van der Waals surface area contributed by atoms with E-state index in [1.807, 2.05) is 0 Å². The average molecular weight is 227 g/mol. The molecule has 1 saturated heterocycles. The molecular formula is C11H17NO4. The van der Waals surface area contributed by atoms with Crippen LogP contribution >= 0.6 is 0 Å². The minimum atomic E-state index is -1.16. The second-order valence-corrected chi connectivity index (χ2v) is 4.06. The van der Waals surface area contributed by atoms with E-state index in [1.165, 1.54) is 6.20 Å². The van der Waals surface area contributed by atoms with Gasteiger partial charge in [0, 0.05) is 39.4 Å². The number of carboxylic acids is 1. The minimum Gasteiger partial charge on any atom is -0.478 e. The normalized spacial score (nSPS) is 18.2. The van der Waals surface area contributed by atoms with E-state index in [2.05, 4.69) is 0 Å². The number of ketones is 1. The van der Waals surface area contributed by atoms with Crippen LogP contribution in [0.25, 0.3) is 0 Å². The van der Waals surface area contributed by atoms with Gasteiger partial charge in [0.2, 0.25) is 0 Å². The van der Waals surface area contributed by atoms with Crippen LogP contribution < -0.4 is 0 Å². The molecule has 0 aromatic heterocycles. The third-order valence-corrected chi connectivity index (χ3v) is 2.48. The van der Waals surface area contributed by atoms with E-state index in [0.717, 1.165) is 0 Å². The van der Waals surface area contributed by atoms with Gasteiger partial charge >= 0.3 is 5.97 Å². The van der Waals surface area contributed by atoms with Gasteiger partial charge in [-0.25, -0.2) is 4.79 Å². The number of carbonyl (C=O) groups excluding carboxylic acids is 1. The zero-order valence-electron chi connectivity index (χ0n) is 9.60. The zero-order valence-corrected chi connectivity index (χ0v) is 9.60. The molecule has 1 aliphatic heterocycles. The Hall–Kier alpha value is -1.36. The summed E-state index contributed by atoms with van der Waals surface area (Å²) in [4.78, 5) is 24.5. The highest BCUT2D eigenvalue weighted by atomic mass is 16.5. The Morgan fingerprint density at radius 2 is 1.88 bits per heavy atom. The molecule has 5 nitrogen and oxygen atoms in total. The molecule has 1 N–H and O–H groups in total. The Kier molecular flexibility index (Phi) is 4.49. The first-order valence-corrected chi connectivity index (χ1v) is 5.26. The quantitative estimate of drug-likeness (QED) is 0.430. The van der Waals surface area contributed by atoms with Gasteiger partial charge in [-0.2, -0.15) is 0 Å². The summed E-state index contributed by atoms with van der Waals surface area (Å²) in [7, 11) is 3.39. The van der Waals surface area contributed by atoms with Crippen LogP contribution in [0.2, 0.25) is 0 Å². The Morgan fingerprint density at radius 1 is 1.31 bits per heavy atom. The molecule has 0 radical (unpaired) electrons. The SMILES string of the molecule is CN(C)/C=C(/C(=O)O)C(=O)C1CCOCC1. The summed E-state index contributed by atoms with van der Waals surface area (Å²) in [5.41, 5.74) is -0.142. The van der Waals surface area contributed by atoms with Crippen molar-refractivity contribution < 1.29 is 19.4 Å². The van der Waals surface area contributed by atoms with Crippen molar-refractivity contribution in [3.05, 3.63) is 11.8 Å². The van der Waals surface area contributed by atoms with Gasteiger partial charge in [0.15, 0.2) is 5.78 Å². The molecule has 0 unspecified atom stereocenters. The van der Waals surface area contributed by atoms with Gasteiger partial charge in [-0.05, 0) is 12.8 Å². The average Bonchev–Trinajstić information content (AvgIpc) is 2.25. The van der Waals surface area contributed by atoms with Crippen molar-refractivity contribution in [2.24, 2.45) is 5.92 Å². The van der Waals surface area contributed by atoms with Crippen LogP contribution in [-0.4, -0.2) is 49.1 Å². The van der Waals surface area contributed by atoms with E-state index in [0.29, 0.717) is 26.1 Å². The van der Waals surface area contributed by atoms with Crippen molar-refractivity contribution in [1.82, 2.24) is 4.90 Å². The van der Waals surface area contributed by atoms with Crippen LogP contribution in [0.15, 0.2) is 11.8 Å². The van der Waals surface area contributed by atoms with Gasteiger partial charge in [0.25, 0.3) is 0 Å². The molecule has 16 heavy (non-hydrogen) atoms. The number of aliphatic carboxylic acids is 1. The maximum absolute atomic E-state index is 11.9. The molecule has 0 saturated carbocycles. The van der Waals surface area contributed by atoms with E-state index in [1.54, 1.807) is 19.0 Å². The molecule has 90 valence electrons. The van der Waals surface area contributed by atoms with Crippen LogP contribution in [0.4, 0.5) is 0 Å². The summed E-state index contributed by atoms with van der Waals surface area (Å²) < 4.78 is 5.14. The second kappa shape index (κ2) is 5.65.